The Kier molecular flexibility index (Phi) is 36.9. The second kappa shape index (κ2) is 29.8. The van der Waals surface area contributed by atoms with Gasteiger partial charge in [0.2, 0.25) is 0 Å². The standard InChI is InChI=1S/C15H24N2O2.C6H12.C3H8.4C2H6/c1-14(2,3)16(15(4,5)6)11-12-7-9-13(10-8-12)17(18)19;1-2-4-6-5-3-1;1-3-2;4*1-2/h7-10H,11H2,1-6H3;1-6H2;3H2,1-2H3;4*1-2H3. The summed E-state index contributed by atoms with van der Waals surface area (Å²) in [6.07, 6.45) is 10.2. The third kappa shape index (κ3) is 27.2. The van der Waals surface area contributed by atoms with Crippen LogP contribution in [0, 0.1) is 10.1 Å². The van der Waals surface area contributed by atoms with E-state index in [1.54, 1.807) is 12.1 Å². The highest BCUT2D eigenvalue weighted by atomic mass is 16.6. The van der Waals surface area contributed by atoms with Gasteiger partial charge >= 0.3 is 0 Å². The average Bonchev–Trinajstić information content (AvgIpc) is 2.88. The van der Waals surface area contributed by atoms with Crippen LogP contribution < -0.4 is 0 Å². The van der Waals surface area contributed by atoms with Crippen molar-refractivity contribution in [1.29, 1.82) is 0 Å². The van der Waals surface area contributed by atoms with Crippen LogP contribution in [0.1, 0.15) is 161 Å². The molecule has 0 atom stereocenters. The molecular weight excluding hydrogens is 444 g/mol. The van der Waals surface area contributed by atoms with Crippen molar-refractivity contribution in [3.8, 4) is 0 Å². The highest BCUT2D eigenvalue weighted by molar-refractivity contribution is 5.33. The normalized spacial score (nSPS) is 11.9. The molecule has 0 aromatic heterocycles. The number of non-ortho nitro benzene ring substituents is 1. The number of nitro groups is 1. The predicted octanol–water partition coefficient (Wildman–Crippen LogP) is 11.9. The molecule has 0 radical (unpaired) electrons. The molecular formula is C32H68N2O2. The zero-order valence-corrected chi connectivity index (χ0v) is 27.7. The van der Waals surface area contributed by atoms with Crippen LogP contribution in [0.25, 0.3) is 0 Å². The van der Waals surface area contributed by atoms with Gasteiger partial charge in [-0.25, -0.2) is 0 Å². The van der Waals surface area contributed by atoms with Crippen LogP contribution in [0.5, 0.6) is 0 Å². The second-order valence-corrected chi connectivity index (χ2v) is 9.68. The first kappa shape index (κ1) is 44.6. The number of nitrogens with zero attached hydrogens (tertiary/aromatic N) is 2. The van der Waals surface area contributed by atoms with Crippen LogP contribution in [0.15, 0.2) is 24.3 Å². The first-order chi connectivity index (χ1) is 16.9. The van der Waals surface area contributed by atoms with Crippen molar-refractivity contribution in [3.05, 3.63) is 39.9 Å². The lowest BCUT2D eigenvalue weighted by Gasteiger charge is -2.45. The fraction of sp³-hybridized carbons (Fsp3) is 0.812. The van der Waals surface area contributed by atoms with Crippen LogP contribution in [0.3, 0.4) is 0 Å². The van der Waals surface area contributed by atoms with Crippen LogP contribution in [0.2, 0.25) is 0 Å². The Bertz CT molecular complexity index is 511. The molecule has 0 bridgehead atoms. The fourth-order valence-corrected chi connectivity index (χ4v) is 3.45. The summed E-state index contributed by atoms with van der Waals surface area (Å²) in [6, 6.07) is 6.81. The van der Waals surface area contributed by atoms with Gasteiger partial charge in [-0.15, -0.1) is 0 Å². The van der Waals surface area contributed by atoms with Gasteiger partial charge in [-0.05, 0) is 47.1 Å². The molecule has 0 aliphatic heterocycles. The first-order valence-corrected chi connectivity index (χ1v) is 14.9. The lowest BCUT2D eigenvalue weighted by molar-refractivity contribution is -0.384. The van der Waals surface area contributed by atoms with Gasteiger partial charge in [0, 0.05) is 29.8 Å². The van der Waals surface area contributed by atoms with Crippen molar-refractivity contribution in [2.24, 2.45) is 0 Å². The maximum absolute atomic E-state index is 10.6. The Morgan fingerprint density at radius 1 is 0.667 bits per heavy atom. The molecule has 0 amide bonds. The van der Waals surface area contributed by atoms with E-state index < -0.39 is 0 Å². The predicted molar refractivity (Wildman–Crippen MR) is 167 cm³/mol. The molecule has 4 heteroatoms. The van der Waals surface area contributed by atoms with Crippen molar-refractivity contribution in [1.82, 2.24) is 4.90 Å². The monoisotopic (exact) mass is 513 g/mol. The summed E-state index contributed by atoms with van der Waals surface area (Å²) in [5.74, 6) is 0. The van der Waals surface area contributed by atoms with Crippen LogP contribution in [-0.2, 0) is 6.54 Å². The van der Waals surface area contributed by atoms with E-state index in [-0.39, 0.29) is 21.7 Å². The van der Waals surface area contributed by atoms with E-state index in [0.29, 0.717) is 0 Å². The molecule has 1 aliphatic carbocycles. The van der Waals surface area contributed by atoms with E-state index in [4.69, 9.17) is 0 Å². The van der Waals surface area contributed by atoms with Crippen molar-refractivity contribution in [3.63, 3.8) is 0 Å². The number of rotatable bonds is 3. The lowest BCUT2D eigenvalue weighted by atomic mass is 9.95. The summed E-state index contributed by atoms with van der Waals surface area (Å²) >= 11 is 0. The molecule has 1 aromatic carbocycles. The third-order valence-corrected chi connectivity index (χ3v) is 4.61. The summed E-state index contributed by atoms with van der Waals surface area (Å²) in [4.78, 5) is 12.7. The molecule has 2 rings (SSSR count). The Morgan fingerprint density at radius 3 is 1.11 bits per heavy atom. The maximum atomic E-state index is 10.6. The second-order valence-electron chi connectivity index (χ2n) is 9.68. The third-order valence-electron chi connectivity index (χ3n) is 4.61. The minimum absolute atomic E-state index is 0.0417. The van der Waals surface area contributed by atoms with Crippen molar-refractivity contribution >= 4 is 5.69 Å². The smallest absolute Gasteiger partial charge is 0.269 e. The van der Waals surface area contributed by atoms with Gasteiger partial charge < -0.3 is 0 Å². The molecule has 1 aliphatic rings. The van der Waals surface area contributed by atoms with Gasteiger partial charge in [0.15, 0.2) is 0 Å². The summed E-state index contributed by atoms with van der Waals surface area (Å²) in [5.41, 5.74) is 1.32. The zero-order chi connectivity index (χ0) is 29.8. The Morgan fingerprint density at radius 2 is 0.917 bits per heavy atom. The summed E-state index contributed by atoms with van der Waals surface area (Å²) < 4.78 is 0. The van der Waals surface area contributed by atoms with E-state index in [1.807, 2.05) is 67.5 Å². The Balaban J connectivity index is -0.000000155. The zero-order valence-electron chi connectivity index (χ0n) is 27.7. The van der Waals surface area contributed by atoms with Gasteiger partial charge in [-0.1, -0.05) is 126 Å². The number of hydrogen-bond donors (Lipinski definition) is 0. The van der Waals surface area contributed by atoms with Crippen LogP contribution >= 0.6 is 0 Å². The Hall–Kier alpha value is -1.42. The molecule has 1 aromatic rings. The van der Waals surface area contributed by atoms with Gasteiger partial charge in [-0.2, -0.15) is 0 Å². The maximum Gasteiger partial charge on any atom is 0.269 e. The van der Waals surface area contributed by atoms with E-state index >= 15 is 0 Å². The van der Waals surface area contributed by atoms with Gasteiger partial charge in [-0.3, -0.25) is 15.0 Å². The van der Waals surface area contributed by atoms with E-state index in [2.05, 4.69) is 60.3 Å². The Labute approximate surface area is 228 Å². The van der Waals surface area contributed by atoms with Gasteiger partial charge in [0.25, 0.3) is 5.69 Å². The summed E-state index contributed by atoms with van der Waals surface area (Å²) in [6.45, 7) is 34.1. The molecule has 36 heavy (non-hydrogen) atoms. The van der Waals surface area contributed by atoms with Crippen molar-refractivity contribution in [2.45, 2.75) is 173 Å². The molecule has 4 nitrogen and oxygen atoms in total. The topological polar surface area (TPSA) is 46.4 Å². The average molecular weight is 513 g/mol. The highest BCUT2D eigenvalue weighted by Gasteiger charge is 2.31. The van der Waals surface area contributed by atoms with Gasteiger partial charge in [0.1, 0.15) is 0 Å². The molecule has 1 saturated carbocycles. The molecule has 1 fully saturated rings. The van der Waals surface area contributed by atoms with Crippen LogP contribution in [0.4, 0.5) is 5.69 Å². The molecule has 0 spiro atoms. The molecule has 218 valence electrons. The fourth-order valence-electron chi connectivity index (χ4n) is 3.45. The number of nitro benzene ring substituents is 1. The van der Waals surface area contributed by atoms with E-state index in [0.717, 1.165) is 12.1 Å². The van der Waals surface area contributed by atoms with Crippen molar-refractivity contribution in [2.75, 3.05) is 0 Å². The van der Waals surface area contributed by atoms with Crippen LogP contribution in [-0.4, -0.2) is 20.9 Å². The molecule has 0 saturated heterocycles. The minimum Gasteiger partial charge on any atom is -0.289 e. The summed E-state index contributed by atoms with van der Waals surface area (Å²) in [5, 5.41) is 10.6. The van der Waals surface area contributed by atoms with E-state index in [9.17, 15) is 10.1 Å². The summed E-state index contributed by atoms with van der Waals surface area (Å²) in [7, 11) is 0. The van der Waals surface area contributed by atoms with Gasteiger partial charge in [0.05, 0.1) is 4.92 Å². The highest BCUT2D eigenvalue weighted by Crippen LogP contribution is 2.27. The largest absolute Gasteiger partial charge is 0.289 e. The number of hydrogen-bond acceptors (Lipinski definition) is 3. The minimum atomic E-state index is -0.366. The molecule has 0 heterocycles. The first-order valence-electron chi connectivity index (χ1n) is 14.9. The molecule has 0 N–H and O–H groups in total. The quantitative estimate of drug-likeness (QED) is 0.299. The number of benzene rings is 1. The van der Waals surface area contributed by atoms with E-state index in [1.165, 1.54) is 44.9 Å². The lowest BCUT2D eigenvalue weighted by Crippen LogP contribution is -2.51. The SMILES string of the molecule is C1CCCCC1.CC.CC.CC.CC.CC(C)(C)N(Cc1ccc([N+](=O)[O-])cc1)C(C)(C)C.CCC. The molecule has 0 unspecified atom stereocenters. The van der Waals surface area contributed by atoms with Crippen molar-refractivity contribution < 1.29 is 4.92 Å².